The lowest BCUT2D eigenvalue weighted by Crippen LogP contribution is -2.57. The number of piperidine rings is 1. The molecule has 3 saturated heterocycles. The van der Waals surface area contributed by atoms with Crippen LogP contribution >= 0.6 is 0 Å². The summed E-state index contributed by atoms with van der Waals surface area (Å²) in [5.41, 5.74) is 4.27. The fourth-order valence-electron chi connectivity index (χ4n) is 7.16. The largest absolute Gasteiger partial charge is 0.490 e. The number of carbonyl (C=O) groups is 1. The SMILES string of the molecule is O=C(N[C@@H](c1ccccn1)C1CC1)c1ccc2[nH]nc(-c3ccc(OC4CC5CCC(C4)N5C4COC4)cc3)c2c1. The van der Waals surface area contributed by atoms with Gasteiger partial charge in [0.25, 0.3) is 5.91 Å². The molecule has 8 nitrogen and oxygen atoms in total. The van der Waals surface area contributed by atoms with Gasteiger partial charge in [0, 0.05) is 34.8 Å². The van der Waals surface area contributed by atoms with Gasteiger partial charge in [-0.1, -0.05) is 6.07 Å². The molecule has 1 saturated carbocycles. The molecule has 1 amide bonds. The number of carbonyl (C=O) groups excluding carboxylic acids is 1. The summed E-state index contributed by atoms with van der Waals surface area (Å²) in [5, 5.41) is 11.9. The third-order valence-electron chi connectivity index (χ3n) is 9.43. The van der Waals surface area contributed by atoms with E-state index in [9.17, 15) is 4.79 Å². The summed E-state index contributed by atoms with van der Waals surface area (Å²) < 4.78 is 11.9. The van der Waals surface area contributed by atoms with Crippen molar-refractivity contribution in [3.05, 3.63) is 78.1 Å². The lowest BCUT2D eigenvalue weighted by molar-refractivity contribution is -0.102. The Kier molecular flexibility index (Phi) is 6.26. The van der Waals surface area contributed by atoms with E-state index in [4.69, 9.17) is 9.47 Å². The summed E-state index contributed by atoms with van der Waals surface area (Å²) in [5.74, 6) is 1.26. The number of ether oxygens (including phenoxy) is 2. The molecule has 41 heavy (non-hydrogen) atoms. The summed E-state index contributed by atoms with van der Waals surface area (Å²) in [6.07, 6.45) is 9.00. The molecule has 3 atom stereocenters. The van der Waals surface area contributed by atoms with Crippen LogP contribution in [0.5, 0.6) is 5.75 Å². The number of rotatable bonds is 8. The van der Waals surface area contributed by atoms with E-state index in [0.29, 0.717) is 29.6 Å². The zero-order valence-electron chi connectivity index (χ0n) is 23.0. The average molecular weight is 550 g/mol. The van der Waals surface area contributed by atoms with Crippen LogP contribution in [0, 0.1) is 5.92 Å². The Morgan fingerprint density at radius 2 is 1.78 bits per heavy atom. The Hall–Kier alpha value is -3.75. The fourth-order valence-corrected chi connectivity index (χ4v) is 7.16. The maximum atomic E-state index is 13.3. The van der Waals surface area contributed by atoms with Gasteiger partial charge >= 0.3 is 0 Å². The first-order valence-electron chi connectivity index (χ1n) is 15.0. The standard InChI is InChI=1S/C33H35N5O3/c39-33(35-32(21-4-5-21)30-3-1-2-14-34-30)22-8-13-29-28(15-22)31(37-36-29)20-6-11-26(12-7-20)41-27-16-23-9-10-24(17-27)38(23)25-18-40-19-25/h1-3,6-8,11-15,21,23-25,27,32H,4-5,9-10,16-19H2,(H,35,39)(H,36,37)/t23?,24?,27?,32-/m1/s1. The Labute approximate surface area is 239 Å². The van der Waals surface area contributed by atoms with Gasteiger partial charge in [-0.3, -0.25) is 19.8 Å². The van der Waals surface area contributed by atoms with Crippen LogP contribution in [0.25, 0.3) is 22.2 Å². The molecule has 1 aliphatic carbocycles. The highest BCUT2D eigenvalue weighted by atomic mass is 16.5. The molecule has 8 heteroatoms. The van der Waals surface area contributed by atoms with E-state index < -0.39 is 0 Å². The molecule has 4 fully saturated rings. The molecule has 4 aromatic rings. The minimum absolute atomic E-state index is 0.0644. The lowest BCUT2D eigenvalue weighted by atomic mass is 9.96. The van der Waals surface area contributed by atoms with Gasteiger partial charge in [-0.15, -0.1) is 0 Å². The van der Waals surface area contributed by atoms with Crippen LogP contribution in [0.2, 0.25) is 0 Å². The number of nitrogens with one attached hydrogen (secondary N) is 2. The van der Waals surface area contributed by atoms with E-state index in [2.05, 4.69) is 37.5 Å². The first-order chi connectivity index (χ1) is 20.2. The summed E-state index contributed by atoms with van der Waals surface area (Å²) in [6, 6.07) is 21.6. The van der Waals surface area contributed by atoms with Crippen molar-refractivity contribution < 1.29 is 14.3 Å². The predicted octanol–water partition coefficient (Wildman–Crippen LogP) is 5.28. The van der Waals surface area contributed by atoms with Crippen molar-refractivity contribution in [3.8, 4) is 17.0 Å². The van der Waals surface area contributed by atoms with Gasteiger partial charge in [0.15, 0.2) is 0 Å². The first kappa shape index (κ1) is 25.0. The number of aromatic nitrogens is 3. The number of aromatic amines is 1. The van der Waals surface area contributed by atoms with Gasteiger partial charge in [0.05, 0.1) is 42.2 Å². The van der Waals surface area contributed by atoms with Crippen LogP contribution in [-0.2, 0) is 4.74 Å². The van der Waals surface area contributed by atoms with Crippen molar-refractivity contribution in [3.63, 3.8) is 0 Å². The first-order valence-corrected chi connectivity index (χ1v) is 15.0. The highest BCUT2D eigenvalue weighted by molar-refractivity contribution is 6.01. The maximum absolute atomic E-state index is 13.3. The third-order valence-corrected chi connectivity index (χ3v) is 9.43. The molecule has 3 aliphatic heterocycles. The van der Waals surface area contributed by atoms with Crippen LogP contribution in [0.1, 0.15) is 60.6 Å². The second-order valence-corrected chi connectivity index (χ2v) is 12.1. The normalized spacial score (nSPS) is 25.1. The van der Waals surface area contributed by atoms with E-state index in [1.54, 1.807) is 6.20 Å². The van der Waals surface area contributed by atoms with Gasteiger partial charge < -0.3 is 14.8 Å². The van der Waals surface area contributed by atoms with Gasteiger partial charge in [-0.2, -0.15) is 5.10 Å². The molecule has 0 spiro atoms. The molecular weight excluding hydrogens is 514 g/mol. The third kappa shape index (κ3) is 4.79. The molecule has 2 unspecified atom stereocenters. The summed E-state index contributed by atoms with van der Waals surface area (Å²) in [6.45, 7) is 1.78. The van der Waals surface area contributed by atoms with Crippen molar-refractivity contribution in [1.82, 2.24) is 25.4 Å². The van der Waals surface area contributed by atoms with Gasteiger partial charge in [0.1, 0.15) is 11.9 Å². The quantitative estimate of drug-likeness (QED) is 0.311. The minimum Gasteiger partial charge on any atom is -0.490 e. The maximum Gasteiger partial charge on any atom is 0.251 e. The molecule has 0 radical (unpaired) electrons. The highest BCUT2D eigenvalue weighted by Crippen LogP contribution is 2.41. The fraction of sp³-hybridized carbons (Fsp3) is 0.424. The van der Waals surface area contributed by atoms with Crippen molar-refractivity contribution in [1.29, 1.82) is 0 Å². The second-order valence-electron chi connectivity index (χ2n) is 12.1. The van der Waals surface area contributed by atoms with Gasteiger partial charge in [-0.25, -0.2) is 0 Å². The van der Waals surface area contributed by atoms with Crippen molar-refractivity contribution in [2.24, 2.45) is 5.92 Å². The molecule has 2 aromatic heterocycles. The summed E-state index contributed by atoms with van der Waals surface area (Å²) in [7, 11) is 0. The van der Waals surface area contributed by atoms with E-state index in [-0.39, 0.29) is 18.1 Å². The minimum atomic E-state index is -0.0878. The highest BCUT2D eigenvalue weighted by Gasteiger charge is 2.46. The molecule has 8 rings (SSSR count). The predicted molar refractivity (Wildman–Crippen MR) is 156 cm³/mol. The number of amides is 1. The number of pyridine rings is 1. The van der Waals surface area contributed by atoms with E-state index in [0.717, 1.165) is 72.5 Å². The van der Waals surface area contributed by atoms with Crippen LogP contribution < -0.4 is 10.1 Å². The molecule has 210 valence electrons. The van der Waals surface area contributed by atoms with Gasteiger partial charge in [-0.05, 0) is 99.0 Å². The zero-order chi connectivity index (χ0) is 27.3. The number of benzene rings is 2. The van der Waals surface area contributed by atoms with E-state index >= 15 is 0 Å². The van der Waals surface area contributed by atoms with Gasteiger partial charge in [0.2, 0.25) is 0 Å². The van der Waals surface area contributed by atoms with E-state index in [1.165, 1.54) is 12.8 Å². The number of hydrogen-bond acceptors (Lipinski definition) is 6. The van der Waals surface area contributed by atoms with Crippen LogP contribution in [0.15, 0.2) is 66.9 Å². The summed E-state index contributed by atoms with van der Waals surface area (Å²) in [4.78, 5) is 20.6. The lowest BCUT2D eigenvalue weighted by Gasteiger charge is -2.46. The second kappa shape index (κ2) is 10.3. The van der Waals surface area contributed by atoms with Crippen molar-refractivity contribution in [2.45, 2.75) is 68.8 Å². The molecule has 2 N–H and O–H groups in total. The Morgan fingerprint density at radius 1 is 0.976 bits per heavy atom. The molecular formula is C33H35N5O3. The Balaban J connectivity index is 0.970. The molecule has 2 bridgehead atoms. The zero-order valence-corrected chi connectivity index (χ0v) is 23.0. The number of nitrogens with zero attached hydrogens (tertiary/aromatic N) is 3. The summed E-state index contributed by atoms with van der Waals surface area (Å²) >= 11 is 0. The molecule has 2 aromatic carbocycles. The number of hydrogen-bond donors (Lipinski definition) is 2. The van der Waals surface area contributed by atoms with Crippen LogP contribution in [0.4, 0.5) is 0 Å². The van der Waals surface area contributed by atoms with Crippen LogP contribution in [0.3, 0.4) is 0 Å². The average Bonchev–Trinajstić information content (AvgIpc) is 3.68. The number of H-pyrrole nitrogens is 1. The molecule has 5 heterocycles. The van der Waals surface area contributed by atoms with E-state index in [1.807, 2.05) is 48.5 Å². The van der Waals surface area contributed by atoms with Crippen molar-refractivity contribution in [2.75, 3.05) is 13.2 Å². The monoisotopic (exact) mass is 549 g/mol. The van der Waals surface area contributed by atoms with Crippen LogP contribution in [-0.4, -0.2) is 63.4 Å². The topological polar surface area (TPSA) is 92.4 Å². The smallest absolute Gasteiger partial charge is 0.251 e. The number of fused-ring (bicyclic) bond motifs is 3. The Bertz CT molecular complexity index is 1530. The molecule has 4 aliphatic rings. The Morgan fingerprint density at radius 3 is 2.46 bits per heavy atom. The van der Waals surface area contributed by atoms with Crippen molar-refractivity contribution >= 4 is 16.8 Å².